The van der Waals surface area contributed by atoms with Crippen LogP contribution in [0.4, 0.5) is 4.79 Å². The Bertz CT molecular complexity index is 1070. The number of hydrogen-bond donors (Lipinski definition) is 3. The van der Waals surface area contributed by atoms with E-state index in [-0.39, 0.29) is 31.3 Å². The fourth-order valence-electron chi connectivity index (χ4n) is 4.22. The van der Waals surface area contributed by atoms with Crippen LogP contribution in [0.2, 0.25) is 0 Å². The van der Waals surface area contributed by atoms with E-state index in [9.17, 15) is 24.0 Å². The van der Waals surface area contributed by atoms with Crippen molar-refractivity contribution in [2.75, 3.05) is 13.7 Å². The summed E-state index contributed by atoms with van der Waals surface area (Å²) < 4.78 is 9.98. The quantitative estimate of drug-likeness (QED) is 0.368. The Morgan fingerprint density at radius 3 is 2.29 bits per heavy atom. The van der Waals surface area contributed by atoms with E-state index in [1.165, 1.54) is 12.0 Å². The molecule has 11 nitrogen and oxygen atoms in total. The van der Waals surface area contributed by atoms with Crippen LogP contribution in [-0.2, 0) is 28.7 Å². The molecular formula is C27H40N4O7. The first-order chi connectivity index (χ1) is 17.6. The van der Waals surface area contributed by atoms with Gasteiger partial charge in [-0.1, -0.05) is 30.7 Å². The van der Waals surface area contributed by atoms with Crippen LogP contribution in [0.5, 0.6) is 0 Å². The summed E-state index contributed by atoms with van der Waals surface area (Å²) in [7, 11) is 1.21. The largest absolute Gasteiger partial charge is 0.468 e. The van der Waals surface area contributed by atoms with Crippen molar-refractivity contribution in [1.82, 2.24) is 15.5 Å². The molecule has 4 unspecified atom stereocenters. The number of ether oxygens (including phenoxy) is 2. The number of aryl methyl sites for hydroxylation is 2. The van der Waals surface area contributed by atoms with Gasteiger partial charge in [0.05, 0.1) is 7.11 Å². The molecule has 0 saturated heterocycles. The predicted octanol–water partition coefficient (Wildman–Crippen LogP) is 2.03. The van der Waals surface area contributed by atoms with Gasteiger partial charge in [-0.3, -0.25) is 19.2 Å². The van der Waals surface area contributed by atoms with E-state index in [0.29, 0.717) is 12.0 Å². The molecule has 2 rings (SSSR count). The topological polar surface area (TPSA) is 157 Å². The van der Waals surface area contributed by atoms with E-state index in [1.807, 2.05) is 32.9 Å². The Morgan fingerprint density at radius 2 is 1.79 bits per heavy atom. The lowest BCUT2D eigenvalue weighted by Gasteiger charge is -2.35. The second-order valence-electron chi connectivity index (χ2n) is 10.8. The molecule has 1 aliphatic rings. The van der Waals surface area contributed by atoms with Gasteiger partial charge >= 0.3 is 12.1 Å². The van der Waals surface area contributed by atoms with Gasteiger partial charge in [0.1, 0.15) is 24.2 Å². The third kappa shape index (κ3) is 8.74. The maximum atomic E-state index is 14.1. The number of nitrogens with two attached hydrogens (primary N) is 1. The number of carbonyl (C=O) groups is 5. The van der Waals surface area contributed by atoms with E-state index in [4.69, 9.17) is 10.5 Å². The van der Waals surface area contributed by atoms with Crippen LogP contribution < -0.4 is 16.4 Å². The Morgan fingerprint density at radius 1 is 1.16 bits per heavy atom. The minimum atomic E-state index is -1.17. The number of methoxy groups -OCH3 is 1. The van der Waals surface area contributed by atoms with Crippen molar-refractivity contribution >= 4 is 29.8 Å². The highest BCUT2D eigenvalue weighted by atomic mass is 16.6. The minimum Gasteiger partial charge on any atom is -0.468 e. The van der Waals surface area contributed by atoms with Crippen molar-refractivity contribution in [1.29, 1.82) is 0 Å². The van der Waals surface area contributed by atoms with Crippen molar-refractivity contribution in [3.63, 3.8) is 0 Å². The molecule has 210 valence electrons. The standard InChI is InChI=1S/C27H40N4O7/c1-15-8-9-18(16(2)12-15)23(24(34)29-14-22(33)37-7)31(20-13-17(20)3)25(35)19(10-11-21(28)32)30-26(36)38-27(4,5)6/h8-9,12,17,19-20,23H,10-11,13-14H2,1-7H3,(H2,28,32)(H,29,34)(H,30,36). The summed E-state index contributed by atoms with van der Waals surface area (Å²) >= 11 is 0. The number of nitrogens with one attached hydrogen (secondary N) is 2. The zero-order valence-corrected chi connectivity index (χ0v) is 23.3. The van der Waals surface area contributed by atoms with Crippen molar-refractivity contribution < 1.29 is 33.4 Å². The number of rotatable bonds is 11. The number of amides is 4. The van der Waals surface area contributed by atoms with Crippen LogP contribution in [0.25, 0.3) is 0 Å². The van der Waals surface area contributed by atoms with Crippen LogP contribution >= 0.6 is 0 Å². The average Bonchev–Trinajstić information content (AvgIpc) is 3.52. The molecule has 1 aromatic rings. The Balaban J connectivity index is 2.53. The van der Waals surface area contributed by atoms with Gasteiger partial charge in [-0.25, -0.2) is 4.79 Å². The lowest BCUT2D eigenvalue weighted by Crippen LogP contribution is -2.54. The fourth-order valence-corrected chi connectivity index (χ4v) is 4.22. The molecule has 38 heavy (non-hydrogen) atoms. The van der Waals surface area contributed by atoms with Crippen molar-refractivity contribution in [2.45, 2.75) is 84.5 Å². The van der Waals surface area contributed by atoms with Crippen molar-refractivity contribution in [3.8, 4) is 0 Å². The monoisotopic (exact) mass is 532 g/mol. The van der Waals surface area contributed by atoms with Gasteiger partial charge in [0, 0.05) is 12.5 Å². The van der Waals surface area contributed by atoms with Gasteiger partial charge < -0.3 is 30.7 Å². The van der Waals surface area contributed by atoms with E-state index < -0.39 is 47.5 Å². The Hall–Kier alpha value is -3.63. The summed E-state index contributed by atoms with van der Waals surface area (Å²) in [5, 5.41) is 5.14. The Kier molecular flexibility index (Phi) is 10.3. The van der Waals surface area contributed by atoms with Gasteiger partial charge in [-0.2, -0.15) is 0 Å². The average molecular weight is 533 g/mol. The zero-order chi connectivity index (χ0) is 28.8. The van der Waals surface area contributed by atoms with E-state index in [2.05, 4.69) is 15.4 Å². The SMILES string of the molecule is COC(=O)CNC(=O)C(c1ccc(C)cc1C)N(C(=O)C(CCC(N)=O)NC(=O)OC(C)(C)C)C1CC1C. The lowest BCUT2D eigenvalue weighted by atomic mass is 9.95. The minimum absolute atomic E-state index is 0.0750. The molecule has 11 heteroatoms. The second-order valence-corrected chi connectivity index (χ2v) is 10.8. The third-order valence-corrected chi connectivity index (χ3v) is 6.23. The van der Waals surface area contributed by atoms with Crippen molar-refractivity contribution in [3.05, 3.63) is 34.9 Å². The number of alkyl carbamates (subject to hydrolysis) is 1. The highest BCUT2D eigenvalue weighted by Gasteiger charge is 2.48. The number of nitrogens with zero attached hydrogens (tertiary/aromatic N) is 1. The van der Waals surface area contributed by atoms with E-state index >= 15 is 0 Å². The number of carbonyl (C=O) groups excluding carboxylic acids is 5. The van der Waals surface area contributed by atoms with Crippen LogP contribution in [0.3, 0.4) is 0 Å². The first-order valence-electron chi connectivity index (χ1n) is 12.7. The van der Waals surface area contributed by atoms with Crippen LogP contribution in [0, 0.1) is 19.8 Å². The predicted molar refractivity (Wildman–Crippen MR) is 140 cm³/mol. The number of esters is 1. The molecule has 0 aromatic heterocycles. The summed E-state index contributed by atoms with van der Waals surface area (Å²) in [6.07, 6.45) is -0.425. The van der Waals surface area contributed by atoms with Crippen molar-refractivity contribution in [2.24, 2.45) is 11.7 Å². The second kappa shape index (κ2) is 12.7. The highest BCUT2D eigenvalue weighted by Crippen LogP contribution is 2.41. The fraction of sp³-hybridized carbons (Fsp3) is 0.593. The number of hydrogen-bond acceptors (Lipinski definition) is 7. The van der Waals surface area contributed by atoms with Crippen LogP contribution in [0.15, 0.2) is 18.2 Å². The smallest absolute Gasteiger partial charge is 0.408 e. The molecule has 4 N–H and O–H groups in total. The molecule has 0 aliphatic heterocycles. The summed E-state index contributed by atoms with van der Waals surface area (Å²) in [4.78, 5) is 65.1. The molecule has 0 bridgehead atoms. The molecule has 1 saturated carbocycles. The number of benzene rings is 1. The van der Waals surface area contributed by atoms with Gasteiger partial charge in [0.2, 0.25) is 17.7 Å². The molecule has 0 radical (unpaired) electrons. The molecule has 0 heterocycles. The summed E-state index contributed by atoms with van der Waals surface area (Å²) in [5.74, 6) is -2.30. The molecule has 1 fully saturated rings. The first kappa shape index (κ1) is 30.6. The van der Waals surface area contributed by atoms with E-state index in [1.54, 1.807) is 26.8 Å². The normalized spacial score (nSPS) is 18.0. The summed E-state index contributed by atoms with van der Waals surface area (Å²) in [5.41, 5.74) is 6.86. The van der Waals surface area contributed by atoms with Gasteiger partial charge in [-0.15, -0.1) is 0 Å². The molecule has 4 atom stereocenters. The third-order valence-electron chi connectivity index (χ3n) is 6.23. The maximum absolute atomic E-state index is 14.1. The summed E-state index contributed by atoms with van der Waals surface area (Å²) in [6, 6.07) is 2.95. The van der Waals surface area contributed by atoms with Gasteiger partial charge in [0.25, 0.3) is 0 Å². The first-order valence-corrected chi connectivity index (χ1v) is 12.7. The maximum Gasteiger partial charge on any atom is 0.408 e. The molecular weight excluding hydrogens is 492 g/mol. The molecule has 1 aliphatic carbocycles. The Labute approximate surface area is 223 Å². The summed E-state index contributed by atoms with van der Waals surface area (Å²) in [6.45, 7) is 10.4. The molecule has 1 aromatic carbocycles. The van der Waals surface area contributed by atoms with Crippen LogP contribution in [0.1, 0.15) is 69.7 Å². The number of primary amides is 1. The lowest BCUT2D eigenvalue weighted by molar-refractivity contribution is -0.145. The van der Waals surface area contributed by atoms with Gasteiger partial charge in [0.15, 0.2) is 0 Å². The highest BCUT2D eigenvalue weighted by molar-refractivity contribution is 5.94. The zero-order valence-electron chi connectivity index (χ0n) is 23.3. The van der Waals surface area contributed by atoms with Crippen LogP contribution in [-0.4, -0.2) is 66.0 Å². The molecule has 4 amide bonds. The van der Waals surface area contributed by atoms with E-state index in [0.717, 1.165) is 11.1 Å². The van der Waals surface area contributed by atoms with Gasteiger partial charge in [-0.05, 0) is 64.5 Å². The molecule has 0 spiro atoms.